The van der Waals surface area contributed by atoms with E-state index in [0.717, 1.165) is 0 Å². The Kier molecular flexibility index (Phi) is 5.07. The molecule has 0 radical (unpaired) electrons. The molecule has 0 aromatic heterocycles. The van der Waals surface area contributed by atoms with Crippen LogP contribution >= 0.6 is 15.9 Å². The molecule has 1 aliphatic heterocycles. The third-order valence-corrected chi connectivity index (χ3v) is 6.03. The van der Waals surface area contributed by atoms with E-state index in [1.165, 1.54) is 19.1 Å². The lowest BCUT2D eigenvalue weighted by Crippen LogP contribution is -2.29. The zero-order valence-electron chi connectivity index (χ0n) is 15.4. The number of sulfonamides is 1. The minimum absolute atomic E-state index is 0.0319. The van der Waals surface area contributed by atoms with Gasteiger partial charge in [0.2, 0.25) is 15.8 Å². The first-order valence-electron chi connectivity index (χ1n) is 8.34. The van der Waals surface area contributed by atoms with Crippen LogP contribution in [0.15, 0.2) is 51.8 Å². The molecule has 1 aliphatic rings. The van der Waals surface area contributed by atoms with E-state index in [2.05, 4.69) is 15.9 Å². The third-order valence-electron chi connectivity index (χ3n) is 4.44. The topological polar surface area (TPSA) is 104 Å². The summed E-state index contributed by atoms with van der Waals surface area (Å²) in [6.07, 6.45) is 0. The fraction of sp³-hybridized carbons (Fsp3) is 0.200. The smallest absolute Gasteiger partial charge is 0.238 e. The fourth-order valence-electron chi connectivity index (χ4n) is 2.97. The molecule has 0 saturated heterocycles. The number of hydrogen-bond donors (Lipinski definition) is 1. The highest BCUT2D eigenvalue weighted by Crippen LogP contribution is 2.42. The summed E-state index contributed by atoms with van der Waals surface area (Å²) in [6, 6.07) is 10.9. The van der Waals surface area contributed by atoms with Gasteiger partial charge < -0.3 is 4.74 Å². The first-order chi connectivity index (χ1) is 12.9. The molecule has 0 spiro atoms. The lowest BCUT2D eigenvalue weighted by Gasteiger charge is -2.17. The largest absolute Gasteiger partial charge is 0.478 e. The molecular weight excluding hydrogens is 446 g/mol. The van der Waals surface area contributed by atoms with Gasteiger partial charge in [0, 0.05) is 15.6 Å². The number of carbonyl (C=O) groups excluding carboxylic acids is 2. The third kappa shape index (κ3) is 3.67. The molecule has 0 atom stereocenters. The van der Waals surface area contributed by atoms with Gasteiger partial charge >= 0.3 is 0 Å². The van der Waals surface area contributed by atoms with E-state index in [9.17, 15) is 18.0 Å². The number of rotatable bonds is 4. The molecule has 28 heavy (non-hydrogen) atoms. The maximum Gasteiger partial charge on any atom is 0.238 e. The molecule has 0 unspecified atom stereocenters. The van der Waals surface area contributed by atoms with Crippen LogP contribution in [0.25, 0.3) is 11.3 Å². The molecule has 2 N–H and O–H groups in total. The average molecular weight is 464 g/mol. The van der Waals surface area contributed by atoms with Crippen LogP contribution in [-0.4, -0.2) is 25.6 Å². The van der Waals surface area contributed by atoms with Crippen LogP contribution in [0.3, 0.4) is 0 Å². The average Bonchev–Trinajstić information content (AvgIpc) is 2.84. The summed E-state index contributed by atoms with van der Waals surface area (Å²) in [5.41, 5.74) is 0.943. The number of primary sulfonamides is 1. The normalized spacial score (nSPS) is 16.2. The molecule has 146 valence electrons. The second-order valence-corrected chi connectivity index (χ2v) is 9.38. The second-order valence-electron chi connectivity index (χ2n) is 6.97. The Morgan fingerprint density at radius 2 is 1.64 bits per heavy atom. The van der Waals surface area contributed by atoms with Gasteiger partial charge in [-0.3, -0.25) is 9.59 Å². The predicted octanol–water partition coefficient (Wildman–Crippen LogP) is 3.55. The van der Waals surface area contributed by atoms with Gasteiger partial charge in [-0.1, -0.05) is 22.0 Å². The molecule has 0 bridgehead atoms. The Labute approximate surface area is 171 Å². The van der Waals surface area contributed by atoms with Crippen LogP contribution in [0.2, 0.25) is 0 Å². The Morgan fingerprint density at radius 3 is 2.14 bits per heavy atom. The summed E-state index contributed by atoms with van der Waals surface area (Å²) in [6.45, 7) is 4.80. The summed E-state index contributed by atoms with van der Waals surface area (Å²) in [4.78, 5) is 24.6. The van der Waals surface area contributed by atoms with E-state index in [1.807, 2.05) is 0 Å². The van der Waals surface area contributed by atoms with E-state index in [1.54, 1.807) is 44.2 Å². The number of ketones is 2. The molecule has 0 saturated carbocycles. The summed E-state index contributed by atoms with van der Waals surface area (Å²) in [5.74, 6) is 0.0412. The van der Waals surface area contributed by atoms with Crippen molar-refractivity contribution < 1.29 is 22.7 Å². The van der Waals surface area contributed by atoms with Crippen LogP contribution in [0, 0.1) is 0 Å². The lowest BCUT2D eigenvalue weighted by molar-refractivity contribution is -0.125. The van der Waals surface area contributed by atoms with E-state index in [-0.39, 0.29) is 16.5 Å². The maximum atomic E-state index is 13.0. The van der Waals surface area contributed by atoms with Crippen molar-refractivity contribution in [3.63, 3.8) is 0 Å². The number of halogens is 1. The standard InChI is InChI=1S/C20H18BrNO5S/c1-11(23)15-9-6-13(10-16(15)21)17-18(27-20(2,3)19(17)24)12-4-7-14(8-5-12)28(22,25)26/h4-10H,1-3H3,(H2,22,25,26). The van der Waals surface area contributed by atoms with Crippen molar-refractivity contribution in [1.82, 2.24) is 0 Å². The summed E-state index contributed by atoms with van der Waals surface area (Å²) >= 11 is 3.37. The van der Waals surface area contributed by atoms with Crippen LogP contribution in [-0.2, 0) is 19.6 Å². The van der Waals surface area contributed by atoms with Gasteiger partial charge in [-0.15, -0.1) is 0 Å². The molecule has 2 aromatic rings. The van der Waals surface area contributed by atoms with Crippen molar-refractivity contribution in [1.29, 1.82) is 0 Å². The quantitative estimate of drug-likeness (QED) is 0.698. The SMILES string of the molecule is CC(=O)c1ccc(C2=C(c3ccc(S(N)(=O)=O)cc3)OC(C)(C)C2=O)cc1Br. The summed E-state index contributed by atoms with van der Waals surface area (Å²) in [5, 5.41) is 5.14. The second kappa shape index (κ2) is 6.95. The monoisotopic (exact) mass is 463 g/mol. The van der Waals surface area contributed by atoms with E-state index in [4.69, 9.17) is 9.88 Å². The molecule has 1 heterocycles. The molecule has 0 amide bonds. The first-order valence-corrected chi connectivity index (χ1v) is 10.7. The Hall–Kier alpha value is -2.29. The van der Waals surface area contributed by atoms with Crippen molar-refractivity contribution in [3.05, 3.63) is 63.6 Å². The molecule has 2 aromatic carbocycles. The highest BCUT2D eigenvalue weighted by atomic mass is 79.9. The zero-order chi connectivity index (χ0) is 20.9. The number of hydrogen-bond acceptors (Lipinski definition) is 5. The van der Waals surface area contributed by atoms with Crippen molar-refractivity contribution in [2.24, 2.45) is 5.14 Å². The molecule has 8 heteroatoms. The van der Waals surface area contributed by atoms with Gasteiger partial charge in [0.15, 0.2) is 11.4 Å². The van der Waals surface area contributed by atoms with Gasteiger partial charge in [0.1, 0.15) is 5.76 Å². The predicted molar refractivity (Wildman–Crippen MR) is 109 cm³/mol. The van der Waals surface area contributed by atoms with Crippen LogP contribution < -0.4 is 5.14 Å². The summed E-state index contributed by atoms with van der Waals surface area (Å²) < 4.78 is 29.5. The number of nitrogens with two attached hydrogens (primary N) is 1. The zero-order valence-corrected chi connectivity index (χ0v) is 17.8. The Bertz CT molecular complexity index is 1130. The van der Waals surface area contributed by atoms with Crippen molar-refractivity contribution in [2.75, 3.05) is 0 Å². The van der Waals surface area contributed by atoms with Crippen molar-refractivity contribution in [3.8, 4) is 0 Å². The van der Waals surface area contributed by atoms with E-state index in [0.29, 0.717) is 32.5 Å². The van der Waals surface area contributed by atoms with Gasteiger partial charge in [-0.2, -0.15) is 0 Å². The maximum absolute atomic E-state index is 13.0. The van der Waals surface area contributed by atoms with Gasteiger partial charge in [-0.05, 0) is 62.7 Å². The minimum atomic E-state index is -3.82. The van der Waals surface area contributed by atoms with Crippen LogP contribution in [0.1, 0.15) is 42.3 Å². The number of ether oxygens (including phenoxy) is 1. The lowest BCUT2D eigenvalue weighted by atomic mass is 9.92. The van der Waals surface area contributed by atoms with Gasteiger partial charge in [0.05, 0.1) is 10.5 Å². The van der Waals surface area contributed by atoms with Crippen molar-refractivity contribution >= 4 is 48.9 Å². The van der Waals surface area contributed by atoms with Crippen molar-refractivity contribution in [2.45, 2.75) is 31.3 Å². The number of carbonyl (C=O) groups is 2. The fourth-order valence-corrected chi connectivity index (χ4v) is 4.15. The van der Waals surface area contributed by atoms with Gasteiger partial charge in [0.25, 0.3) is 0 Å². The van der Waals surface area contributed by atoms with E-state index < -0.39 is 15.6 Å². The highest BCUT2D eigenvalue weighted by molar-refractivity contribution is 9.10. The Morgan fingerprint density at radius 1 is 1.07 bits per heavy atom. The molecule has 0 aliphatic carbocycles. The Balaban J connectivity index is 2.17. The minimum Gasteiger partial charge on any atom is -0.478 e. The van der Waals surface area contributed by atoms with Gasteiger partial charge in [-0.25, -0.2) is 13.6 Å². The molecule has 0 fully saturated rings. The van der Waals surface area contributed by atoms with E-state index >= 15 is 0 Å². The highest BCUT2D eigenvalue weighted by Gasteiger charge is 2.42. The van der Waals surface area contributed by atoms with Crippen LogP contribution in [0.5, 0.6) is 0 Å². The molecule has 6 nitrogen and oxygen atoms in total. The molecule has 3 rings (SSSR count). The van der Waals surface area contributed by atoms with Crippen LogP contribution in [0.4, 0.5) is 0 Å². The summed E-state index contributed by atoms with van der Waals surface area (Å²) in [7, 11) is -3.82. The number of benzene rings is 2. The number of Topliss-reactive ketones (excluding diaryl/α,β-unsaturated/α-hetero) is 2. The first kappa shape index (κ1) is 20.4. The molecular formula is C20H18BrNO5S.